The number of piperidine rings is 1. The third-order valence-corrected chi connectivity index (χ3v) is 5.19. The van der Waals surface area contributed by atoms with Crippen LogP contribution in [0, 0.1) is 12.3 Å². The number of rotatable bonds is 5. The molecule has 1 aromatic heterocycles. The molecule has 0 aliphatic carbocycles. The zero-order valence-electron chi connectivity index (χ0n) is 14.6. The van der Waals surface area contributed by atoms with Crippen LogP contribution in [0.4, 0.5) is 11.8 Å². The Morgan fingerprint density at radius 2 is 2.08 bits per heavy atom. The number of anilines is 2. The van der Waals surface area contributed by atoms with E-state index >= 15 is 0 Å². The van der Waals surface area contributed by atoms with E-state index in [1.54, 1.807) is 7.11 Å². The number of carbonyl (C=O) groups excluding carboxylic acids is 1. The van der Waals surface area contributed by atoms with E-state index in [9.17, 15) is 4.79 Å². The number of ether oxygens (including phenoxy) is 1. The summed E-state index contributed by atoms with van der Waals surface area (Å²) in [5.41, 5.74) is 6.79. The Morgan fingerprint density at radius 3 is 2.75 bits per heavy atom. The number of carbonyl (C=O) groups is 1. The fourth-order valence-electron chi connectivity index (χ4n) is 3.87. The maximum atomic E-state index is 12.3. The molecule has 1 spiro atoms. The summed E-state index contributed by atoms with van der Waals surface area (Å²) < 4.78 is 5.09. The Labute approximate surface area is 143 Å². The molecule has 3 rings (SSSR count). The van der Waals surface area contributed by atoms with Gasteiger partial charge in [0.25, 0.3) is 0 Å². The molecule has 24 heavy (non-hydrogen) atoms. The van der Waals surface area contributed by atoms with Gasteiger partial charge in [0.05, 0.1) is 0 Å². The first kappa shape index (κ1) is 17.0. The van der Waals surface area contributed by atoms with Crippen molar-refractivity contribution < 1.29 is 9.53 Å². The second-order valence-corrected chi connectivity index (χ2v) is 7.05. The molecule has 1 amide bonds. The Balaban J connectivity index is 1.59. The highest BCUT2D eigenvalue weighted by molar-refractivity contribution is 5.79. The minimum atomic E-state index is 0.133. The average Bonchev–Trinajstić information content (AvgIpc) is 2.83. The van der Waals surface area contributed by atoms with Crippen LogP contribution in [0.15, 0.2) is 6.07 Å². The second-order valence-electron chi connectivity index (χ2n) is 7.05. The summed E-state index contributed by atoms with van der Waals surface area (Å²) in [5.74, 6) is 1.52. The van der Waals surface area contributed by atoms with E-state index in [-0.39, 0.29) is 5.41 Å². The summed E-state index contributed by atoms with van der Waals surface area (Å²) in [6, 6.07) is 1.98. The number of nitrogen functional groups attached to an aromatic ring is 1. The van der Waals surface area contributed by atoms with Crippen LogP contribution in [0.25, 0.3) is 0 Å². The lowest BCUT2D eigenvalue weighted by Gasteiger charge is -2.39. The molecule has 0 saturated carbocycles. The van der Waals surface area contributed by atoms with Crippen LogP contribution in [0.1, 0.15) is 31.4 Å². The number of nitrogens with two attached hydrogens (primary N) is 1. The molecule has 1 aromatic rings. The fraction of sp³-hybridized carbons (Fsp3) is 0.706. The smallest absolute Gasteiger partial charge is 0.223 e. The molecule has 7 nitrogen and oxygen atoms in total. The van der Waals surface area contributed by atoms with E-state index in [0.29, 0.717) is 24.9 Å². The van der Waals surface area contributed by atoms with Gasteiger partial charge < -0.3 is 20.3 Å². The summed E-state index contributed by atoms with van der Waals surface area (Å²) in [6.07, 6.45) is 3.62. The number of hydrogen-bond donors (Lipinski definition) is 1. The minimum Gasteiger partial charge on any atom is -0.385 e. The first-order valence-electron chi connectivity index (χ1n) is 8.64. The molecule has 2 N–H and O–H groups in total. The molecule has 132 valence electrons. The molecular weight excluding hydrogens is 306 g/mol. The SMILES string of the molecule is COCCCN1CC2(CCN(c3cc(C)nc(N)n3)CC2)CC1=O. The molecular formula is C17H27N5O2. The van der Waals surface area contributed by atoms with Crippen molar-refractivity contribution in [3.05, 3.63) is 11.8 Å². The molecule has 7 heteroatoms. The highest BCUT2D eigenvalue weighted by Crippen LogP contribution is 2.41. The summed E-state index contributed by atoms with van der Waals surface area (Å²) in [5, 5.41) is 0. The Bertz CT molecular complexity index is 578. The average molecular weight is 333 g/mol. The number of aromatic nitrogens is 2. The zero-order valence-corrected chi connectivity index (χ0v) is 14.6. The Kier molecular flexibility index (Phi) is 4.89. The first-order valence-corrected chi connectivity index (χ1v) is 8.64. The van der Waals surface area contributed by atoms with Crippen LogP contribution in [0.5, 0.6) is 0 Å². The minimum absolute atomic E-state index is 0.133. The van der Waals surface area contributed by atoms with Gasteiger partial charge in [0.15, 0.2) is 0 Å². The standard InChI is InChI=1S/C17H27N5O2/c1-13-10-14(20-16(18)19-13)21-7-4-17(5-8-21)11-15(23)22(12-17)6-3-9-24-2/h10H,3-9,11-12H2,1-2H3,(H2,18,19,20). The summed E-state index contributed by atoms with van der Waals surface area (Å²) in [7, 11) is 1.70. The van der Waals surface area contributed by atoms with Crippen LogP contribution < -0.4 is 10.6 Å². The number of likely N-dealkylation sites (tertiary alicyclic amines) is 1. The Hall–Kier alpha value is -1.89. The quantitative estimate of drug-likeness (QED) is 0.816. The molecule has 0 unspecified atom stereocenters. The number of hydrogen-bond acceptors (Lipinski definition) is 6. The van der Waals surface area contributed by atoms with Gasteiger partial charge in [-0.1, -0.05) is 0 Å². The van der Waals surface area contributed by atoms with Crippen LogP contribution in [0.3, 0.4) is 0 Å². The van der Waals surface area contributed by atoms with E-state index in [1.165, 1.54) is 0 Å². The topological polar surface area (TPSA) is 84.6 Å². The predicted molar refractivity (Wildman–Crippen MR) is 92.8 cm³/mol. The molecule has 0 aromatic carbocycles. The summed E-state index contributed by atoms with van der Waals surface area (Å²) >= 11 is 0. The van der Waals surface area contributed by atoms with E-state index < -0.39 is 0 Å². The summed E-state index contributed by atoms with van der Waals surface area (Å²) in [6.45, 7) is 6.15. The lowest BCUT2D eigenvalue weighted by Crippen LogP contribution is -2.42. The van der Waals surface area contributed by atoms with E-state index in [4.69, 9.17) is 10.5 Å². The van der Waals surface area contributed by atoms with Crippen molar-refractivity contribution in [2.45, 2.75) is 32.6 Å². The van der Waals surface area contributed by atoms with Gasteiger partial charge in [-0.3, -0.25) is 4.79 Å². The fourth-order valence-corrected chi connectivity index (χ4v) is 3.87. The maximum absolute atomic E-state index is 12.3. The molecule has 0 atom stereocenters. The molecule has 2 aliphatic heterocycles. The van der Waals surface area contributed by atoms with Gasteiger partial charge in [-0.2, -0.15) is 4.98 Å². The predicted octanol–water partition coefficient (Wildman–Crippen LogP) is 1.22. The molecule has 0 bridgehead atoms. The van der Waals surface area contributed by atoms with Crippen molar-refractivity contribution in [3.63, 3.8) is 0 Å². The van der Waals surface area contributed by atoms with Gasteiger partial charge >= 0.3 is 0 Å². The largest absolute Gasteiger partial charge is 0.385 e. The van der Waals surface area contributed by atoms with Crippen molar-refractivity contribution in [1.82, 2.24) is 14.9 Å². The van der Waals surface area contributed by atoms with Crippen LogP contribution in [-0.2, 0) is 9.53 Å². The van der Waals surface area contributed by atoms with E-state index in [0.717, 1.165) is 57.0 Å². The van der Waals surface area contributed by atoms with E-state index in [1.807, 2.05) is 17.9 Å². The lowest BCUT2D eigenvalue weighted by atomic mass is 9.77. The monoisotopic (exact) mass is 333 g/mol. The third-order valence-electron chi connectivity index (χ3n) is 5.19. The van der Waals surface area contributed by atoms with E-state index in [2.05, 4.69) is 14.9 Å². The number of aryl methyl sites for hydroxylation is 1. The number of methoxy groups -OCH3 is 1. The van der Waals surface area contributed by atoms with Crippen LogP contribution >= 0.6 is 0 Å². The van der Waals surface area contributed by atoms with Gasteiger partial charge in [-0.15, -0.1) is 0 Å². The summed E-state index contributed by atoms with van der Waals surface area (Å²) in [4.78, 5) is 25.1. The van der Waals surface area contributed by atoms with Gasteiger partial charge in [0.2, 0.25) is 11.9 Å². The molecule has 2 fully saturated rings. The Morgan fingerprint density at radius 1 is 1.33 bits per heavy atom. The highest BCUT2D eigenvalue weighted by atomic mass is 16.5. The maximum Gasteiger partial charge on any atom is 0.223 e. The number of nitrogens with zero attached hydrogens (tertiary/aromatic N) is 4. The molecule has 3 heterocycles. The molecule has 2 aliphatic rings. The number of amides is 1. The molecule has 2 saturated heterocycles. The first-order chi connectivity index (χ1) is 11.5. The van der Waals surface area contributed by atoms with Crippen molar-refractivity contribution in [1.29, 1.82) is 0 Å². The van der Waals surface area contributed by atoms with Gasteiger partial charge in [-0.05, 0) is 26.2 Å². The zero-order chi connectivity index (χ0) is 17.2. The third kappa shape index (κ3) is 3.61. The highest BCUT2D eigenvalue weighted by Gasteiger charge is 2.44. The van der Waals surface area contributed by atoms with Crippen LogP contribution in [0.2, 0.25) is 0 Å². The molecule has 0 radical (unpaired) electrons. The van der Waals surface area contributed by atoms with Crippen molar-refractivity contribution in [2.24, 2.45) is 5.41 Å². The van der Waals surface area contributed by atoms with Gasteiger partial charge in [0, 0.05) is 63.5 Å². The van der Waals surface area contributed by atoms with Crippen molar-refractivity contribution in [2.75, 3.05) is 50.5 Å². The van der Waals surface area contributed by atoms with Gasteiger partial charge in [-0.25, -0.2) is 4.98 Å². The van der Waals surface area contributed by atoms with Gasteiger partial charge in [0.1, 0.15) is 5.82 Å². The normalized spacial score (nSPS) is 20.2. The van der Waals surface area contributed by atoms with Crippen molar-refractivity contribution in [3.8, 4) is 0 Å². The second kappa shape index (κ2) is 6.93. The van der Waals surface area contributed by atoms with Crippen molar-refractivity contribution >= 4 is 17.7 Å². The van der Waals surface area contributed by atoms with Crippen LogP contribution in [-0.4, -0.2) is 60.7 Å². The lowest BCUT2D eigenvalue weighted by molar-refractivity contribution is -0.128.